The summed E-state index contributed by atoms with van der Waals surface area (Å²) in [6, 6.07) is 19.0. The molecule has 3 aromatic carbocycles. The minimum Gasteiger partial charge on any atom is -0.490 e. The standard InChI is InChI=1S/C26H22BrFN2O3/c1-3-32-24-14-18(12-20(15-29)26(31)30-21-10-8-17(2)9-11-21)13-22(27)25(24)33-16-19-6-4-5-7-23(19)28/h4-14H,3,16H2,1-2H3,(H,30,31)/b20-12+. The van der Waals surface area contributed by atoms with Crippen LogP contribution in [0.15, 0.2) is 70.7 Å². The Kier molecular flexibility index (Phi) is 8.22. The van der Waals surface area contributed by atoms with Gasteiger partial charge in [-0.05, 0) is 71.7 Å². The number of carbonyl (C=O) groups excluding carboxylic acids is 1. The number of hydrogen-bond acceptors (Lipinski definition) is 4. The average molecular weight is 509 g/mol. The van der Waals surface area contributed by atoms with Crippen LogP contribution in [0.25, 0.3) is 6.08 Å². The second-order valence-electron chi connectivity index (χ2n) is 7.13. The smallest absolute Gasteiger partial charge is 0.266 e. The first kappa shape index (κ1) is 24.0. The van der Waals surface area contributed by atoms with Crippen LogP contribution in [0.4, 0.5) is 10.1 Å². The summed E-state index contributed by atoms with van der Waals surface area (Å²) in [4.78, 5) is 12.6. The molecule has 0 aliphatic rings. The quantitative estimate of drug-likeness (QED) is 0.281. The molecule has 0 bridgehead atoms. The maximum atomic E-state index is 13.9. The lowest BCUT2D eigenvalue weighted by Crippen LogP contribution is -2.13. The first-order valence-electron chi connectivity index (χ1n) is 10.2. The predicted molar refractivity (Wildman–Crippen MR) is 129 cm³/mol. The molecule has 0 fully saturated rings. The number of ether oxygens (including phenoxy) is 2. The predicted octanol–water partition coefficient (Wildman–Crippen LogP) is 6.42. The van der Waals surface area contributed by atoms with Gasteiger partial charge in [-0.15, -0.1) is 0 Å². The molecule has 3 rings (SSSR count). The van der Waals surface area contributed by atoms with Crippen LogP contribution in [0.1, 0.15) is 23.6 Å². The molecule has 7 heteroatoms. The van der Waals surface area contributed by atoms with Crippen molar-refractivity contribution in [2.24, 2.45) is 0 Å². The number of nitrogens with one attached hydrogen (secondary N) is 1. The van der Waals surface area contributed by atoms with Crippen molar-refractivity contribution < 1.29 is 18.7 Å². The Balaban J connectivity index is 1.85. The highest BCUT2D eigenvalue weighted by molar-refractivity contribution is 9.10. The van der Waals surface area contributed by atoms with Crippen molar-refractivity contribution in [1.82, 2.24) is 0 Å². The fourth-order valence-corrected chi connectivity index (χ4v) is 3.56. The lowest BCUT2D eigenvalue weighted by atomic mass is 10.1. The second-order valence-corrected chi connectivity index (χ2v) is 7.99. The maximum absolute atomic E-state index is 13.9. The zero-order valence-corrected chi connectivity index (χ0v) is 19.8. The van der Waals surface area contributed by atoms with E-state index in [-0.39, 0.29) is 18.0 Å². The average Bonchev–Trinajstić information content (AvgIpc) is 2.79. The van der Waals surface area contributed by atoms with Gasteiger partial charge in [-0.3, -0.25) is 4.79 Å². The number of halogens is 2. The molecule has 1 amide bonds. The van der Waals surface area contributed by atoms with Gasteiger partial charge in [0.15, 0.2) is 11.5 Å². The molecule has 0 saturated carbocycles. The minimum atomic E-state index is -0.518. The van der Waals surface area contributed by atoms with Crippen molar-refractivity contribution in [1.29, 1.82) is 5.26 Å². The Hall–Kier alpha value is -3.63. The monoisotopic (exact) mass is 508 g/mol. The number of hydrogen-bond donors (Lipinski definition) is 1. The van der Waals surface area contributed by atoms with Crippen LogP contribution in [-0.4, -0.2) is 12.5 Å². The third-order valence-electron chi connectivity index (χ3n) is 4.65. The molecule has 0 aliphatic carbocycles. The molecule has 0 unspecified atom stereocenters. The van der Waals surface area contributed by atoms with E-state index in [1.165, 1.54) is 12.1 Å². The first-order valence-corrected chi connectivity index (χ1v) is 11.0. The fourth-order valence-electron chi connectivity index (χ4n) is 2.99. The molecule has 33 heavy (non-hydrogen) atoms. The van der Waals surface area contributed by atoms with Crippen LogP contribution in [0.3, 0.4) is 0 Å². The fraction of sp³-hybridized carbons (Fsp3) is 0.154. The topological polar surface area (TPSA) is 71.3 Å². The van der Waals surface area contributed by atoms with E-state index >= 15 is 0 Å². The molecule has 168 valence electrons. The SMILES string of the molecule is CCOc1cc(/C=C(\C#N)C(=O)Nc2ccc(C)cc2)cc(Br)c1OCc1ccccc1F. The number of anilines is 1. The van der Waals surface area contributed by atoms with Crippen molar-refractivity contribution in [3.8, 4) is 17.6 Å². The molecule has 0 atom stereocenters. The van der Waals surface area contributed by atoms with Crippen molar-refractivity contribution in [2.75, 3.05) is 11.9 Å². The first-order chi connectivity index (χ1) is 15.9. The van der Waals surface area contributed by atoms with Gasteiger partial charge in [-0.25, -0.2) is 4.39 Å². The van der Waals surface area contributed by atoms with Crippen LogP contribution >= 0.6 is 15.9 Å². The van der Waals surface area contributed by atoms with Crippen LogP contribution in [0.2, 0.25) is 0 Å². The van der Waals surface area contributed by atoms with E-state index in [1.54, 1.807) is 42.5 Å². The highest BCUT2D eigenvalue weighted by Crippen LogP contribution is 2.38. The van der Waals surface area contributed by atoms with Crippen LogP contribution in [0.5, 0.6) is 11.5 Å². The molecule has 0 radical (unpaired) electrons. The molecule has 0 aromatic heterocycles. The number of rotatable bonds is 8. The van der Waals surface area contributed by atoms with Gasteiger partial charge >= 0.3 is 0 Å². The highest BCUT2D eigenvalue weighted by atomic mass is 79.9. The summed E-state index contributed by atoms with van der Waals surface area (Å²) in [7, 11) is 0. The van der Waals surface area contributed by atoms with Crippen molar-refractivity contribution in [3.63, 3.8) is 0 Å². The van der Waals surface area contributed by atoms with E-state index in [1.807, 2.05) is 32.0 Å². The molecule has 0 aliphatic heterocycles. The minimum absolute atomic E-state index is 0.0168. The largest absolute Gasteiger partial charge is 0.490 e. The summed E-state index contributed by atoms with van der Waals surface area (Å²) in [5.41, 5.74) is 2.58. The molecule has 5 nitrogen and oxygen atoms in total. The Labute approximate surface area is 200 Å². The highest BCUT2D eigenvalue weighted by Gasteiger charge is 2.15. The Morgan fingerprint density at radius 1 is 1.15 bits per heavy atom. The normalized spacial score (nSPS) is 10.9. The molecule has 1 N–H and O–H groups in total. The van der Waals surface area contributed by atoms with E-state index in [4.69, 9.17) is 9.47 Å². The van der Waals surface area contributed by atoms with Crippen molar-refractivity contribution >= 4 is 33.6 Å². The summed E-state index contributed by atoms with van der Waals surface area (Å²) in [6.45, 7) is 4.16. The molecular formula is C26H22BrFN2O3. The number of carbonyl (C=O) groups is 1. The molecule has 0 heterocycles. The van der Waals surface area contributed by atoms with Crippen molar-refractivity contribution in [3.05, 3.63) is 93.2 Å². The van der Waals surface area contributed by atoms with E-state index in [0.717, 1.165) is 5.56 Å². The van der Waals surface area contributed by atoms with Gasteiger partial charge in [-0.2, -0.15) is 5.26 Å². The lowest BCUT2D eigenvalue weighted by molar-refractivity contribution is -0.112. The van der Waals surface area contributed by atoms with Gasteiger partial charge in [-0.1, -0.05) is 35.9 Å². The Morgan fingerprint density at radius 2 is 1.88 bits per heavy atom. The number of amides is 1. The van der Waals surface area contributed by atoms with Gasteiger partial charge in [0, 0.05) is 11.3 Å². The van der Waals surface area contributed by atoms with Gasteiger partial charge < -0.3 is 14.8 Å². The third-order valence-corrected chi connectivity index (χ3v) is 5.24. The summed E-state index contributed by atoms with van der Waals surface area (Å²) >= 11 is 3.46. The lowest BCUT2D eigenvalue weighted by Gasteiger charge is -2.15. The van der Waals surface area contributed by atoms with Crippen LogP contribution < -0.4 is 14.8 Å². The second kappa shape index (κ2) is 11.3. The van der Waals surface area contributed by atoms with E-state index in [0.29, 0.717) is 39.4 Å². The van der Waals surface area contributed by atoms with Gasteiger partial charge in [0.2, 0.25) is 0 Å². The summed E-state index contributed by atoms with van der Waals surface area (Å²) in [5, 5.41) is 12.2. The van der Waals surface area contributed by atoms with Crippen molar-refractivity contribution in [2.45, 2.75) is 20.5 Å². The summed E-state index contributed by atoms with van der Waals surface area (Å²) < 4.78 is 26.0. The Bertz CT molecular complexity index is 1220. The molecule has 3 aromatic rings. The zero-order chi connectivity index (χ0) is 23.8. The summed E-state index contributed by atoms with van der Waals surface area (Å²) in [6.07, 6.45) is 1.47. The number of nitriles is 1. The van der Waals surface area contributed by atoms with E-state index in [2.05, 4.69) is 21.2 Å². The van der Waals surface area contributed by atoms with E-state index < -0.39 is 5.91 Å². The van der Waals surface area contributed by atoms with E-state index in [9.17, 15) is 14.4 Å². The van der Waals surface area contributed by atoms with Crippen LogP contribution in [0, 0.1) is 24.1 Å². The molecule has 0 spiro atoms. The number of aryl methyl sites for hydroxylation is 1. The van der Waals surface area contributed by atoms with Gasteiger partial charge in [0.25, 0.3) is 5.91 Å². The molecule has 0 saturated heterocycles. The molecular weight excluding hydrogens is 487 g/mol. The van der Waals surface area contributed by atoms with Gasteiger partial charge in [0.05, 0.1) is 11.1 Å². The Morgan fingerprint density at radius 3 is 2.55 bits per heavy atom. The summed E-state index contributed by atoms with van der Waals surface area (Å²) in [5.74, 6) is -0.0646. The number of benzene rings is 3. The third kappa shape index (κ3) is 6.43. The van der Waals surface area contributed by atoms with Crippen LogP contribution in [-0.2, 0) is 11.4 Å². The zero-order valence-electron chi connectivity index (χ0n) is 18.2. The maximum Gasteiger partial charge on any atom is 0.266 e. The van der Waals surface area contributed by atoms with Gasteiger partial charge in [0.1, 0.15) is 24.1 Å². The number of nitrogens with zero attached hydrogens (tertiary/aromatic N) is 1.